The van der Waals surface area contributed by atoms with Crippen LogP contribution in [-0.2, 0) is 10.9 Å². The average molecular weight is 121 g/mol. The highest BCUT2D eigenvalue weighted by Crippen LogP contribution is 2.14. The maximum atomic E-state index is 2.35. The van der Waals surface area contributed by atoms with Gasteiger partial charge in [-0.05, 0) is 10.9 Å². The predicted molar refractivity (Wildman–Crippen MR) is 35.5 cm³/mol. The molecule has 1 atom stereocenters. The summed E-state index contributed by atoms with van der Waals surface area (Å²) in [6.45, 7) is 0. The van der Waals surface area contributed by atoms with Gasteiger partial charge in [-0.2, -0.15) is 0 Å². The van der Waals surface area contributed by atoms with Crippen LogP contribution in [-0.4, -0.2) is 22.8 Å². The normalized spacial score (nSPS) is 34.5. The van der Waals surface area contributed by atoms with Crippen LogP contribution in [0.1, 0.15) is 0 Å². The molecule has 0 bridgehead atoms. The van der Waals surface area contributed by atoms with Crippen molar-refractivity contribution in [3.63, 3.8) is 0 Å². The van der Waals surface area contributed by atoms with E-state index in [2.05, 4.69) is 18.0 Å². The van der Waals surface area contributed by atoms with E-state index in [1.54, 1.807) is 0 Å². The first-order chi connectivity index (χ1) is 2.89. The molecule has 36 valence electrons. The molecule has 0 amide bonds. The van der Waals surface area contributed by atoms with Gasteiger partial charge in [-0.15, -0.1) is 11.8 Å². The molecule has 1 unspecified atom stereocenters. The molecule has 0 N–H and O–H groups in total. The lowest BCUT2D eigenvalue weighted by atomic mass is 11.0. The Morgan fingerprint density at radius 1 is 1.67 bits per heavy atom. The van der Waals surface area contributed by atoms with Crippen LogP contribution in [0.4, 0.5) is 0 Å². The van der Waals surface area contributed by atoms with Gasteiger partial charge in [0.2, 0.25) is 0 Å². The number of thioether (sulfide) groups is 1. The zero-order chi connectivity index (χ0) is 4.41. The fraction of sp³-hybridized carbons (Fsp3) is 1.00. The molecule has 0 aliphatic carbocycles. The molecule has 1 rings (SSSR count). The Kier molecular flexibility index (Phi) is 1.72. The van der Waals surface area contributed by atoms with Crippen molar-refractivity contribution in [2.75, 3.05) is 22.8 Å². The zero-order valence-electron chi connectivity index (χ0n) is 3.94. The molecule has 1 saturated heterocycles. The predicted octanol–water partition coefficient (Wildman–Crippen LogP) is 0.939. The van der Waals surface area contributed by atoms with Crippen molar-refractivity contribution < 1.29 is 0 Å². The van der Waals surface area contributed by atoms with Crippen LogP contribution in [0.25, 0.3) is 0 Å². The summed E-state index contributed by atoms with van der Waals surface area (Å²) in [5, 5.41) is 1.43. The van der Waals surface area contributed by atoms with Crippen LogP contribution >= 0.6 is 11.8 Å². The quantitative estimate of drug-likeness (QED) is 0.430. The van der Waals surface area contributed by atoms with Crippen molar-refractivity contribution in [2.45, 2.75) is 0 Å². The van der Waals surface area contributed by atoms with E-state index in [1.165, 1.54) is 16.6 Å². The SMILES string of the molecule is C[S+]1CCSC1. The second kappa shape index (κ2) is 2.12. The molecule has 6 heavy (non-hydrogen) atoms. The van der Waals surface area contributed by atoms with Crippen LogP contribution in [0.3, 0.4) is 0 Å². The Hall–Kier alpha value is 0.700. The minimum atomic E-state index is 0.790. The topological polar surface area (TPSA) is 0 Å². The monoisotopic (exact) mass is 121 g/mol. The second-order valence-electron chi connectivity index (χ2n) is 1.51. The largest absolute Gasteiger partial charge is 0.153 e. The van der Waals surface area contributed by atoms with E-state index >= 15 is 0 Å². The van der Waals surface area contributed by atoms with Gasteiger partial charge in [-0.25, -0.2) is 0 Å². The third kappa shape index (κ3) is 1.09. The highest BCUT2D eigenvalue weighted by atomic mass is 32.2. The van der Waals surface area contributed by atoms with E-state index in [0.29, 0.717) is 0 Å². The first-order valence-corrected chi connectivity index (χ1v) is 5.19. The van der Waals surface area contributed by atoms with Gasteiger partial charge in [0.05, 0.1) is 6.26 Å². The maximum Gasteiger partial charge on any atom is 0.153 e. The molecule has 0 saturated carbocycles. The van der Waals surface area contributed by atoms with E-state index < -0.39 is 0 Å². The summed E-state index contributed by atoms with van der Waals surface area (Å²) >= 11 is 2.09. The molecule has 2 heteroatoms. The standard InChI is InChI=1S/C4H9S2/c1-6-3-2-5-4-6/h2-4H2,1H3/q+1. The summed E-state index contributed by atoms with van der Waals surface area (Å²) < 4.78 is 0. The molecule has 0 aromatic heterocycles. The van der Waals surface area contributed by atoms with Gasteiger partial charge in [0.15, 0.2) is 5.08 Å². The highest BCUT2D eigenvalue weighted by molar-refractivity contribution is 8.17. The Morgan fingerprint density at radius 3 is 2.67 bits per heavy atom. The minimum absolute atomic E-state index is 0.790. The van der Waals surface area contributed by atoms with E-state index in [9.17, 15) is 0 Å². The van der Waals surface area contributed by atoms with Gasteiger partial charge in [0.1, 0.15) is 5.75 Å². The number of rotatable bonds is 0. The lowest BCUT2D eigenvalue weighted by molar-refractivity contribution is 1.57. The lowest BCUT2D eigenvalue weighted by Crippen LogP contribution is -1.97. The molecule has 0 nitrogen and oxygen atoms in total. The first kappa shape index (κ1) is 4.85. The van der Waals surface area contributed by atoms with E-state index in [1.807, 2.05) is 0 Å². The van der Waals surface area contributed by atoms with Gasteiger partial charge >= 0.3 is 0 Å². The summed E-state index contributed by atoms with van der Waals surface area (Å²) in [5.74, 6) is 2.89. The molecule has 0 spiro atoms. The van der Waals surface area contributed by atoms with Crippen LogP contribution < -0.4 is 0 Å². The molecule has 1 aliphatic heterocycles. The van der Waals surface area contributed by atoms with Gasteiger partial charge in [0, 0.05) is 5.75 Å². The van der Waals surface area contributed by atoms with Crippen molar-refractivity contribution >= 4 is 22.7 Å². The Labute approximate surface area is 46.0 Å². The van der Waals surface area contributed by atoms with Crippen molar-refractivity contribution in [1.29, 1.82) is 0 Å². The van der Waals surface area contributed by atoms with Crippen molar-refractivity contribution in [3.05, 3.63) is 0 Å². The molecular formula is C4H9S2+. The number of hydrogen-bond acceptors (Lipinski definition) is 1. The van der Waals surface area contributed by atoms with Crippen LogP contribution in [0, 0.1) is 0 Å². The van der Waals surface area contributed by atoms with Gasteiger partial charge in [0.25, 0.3) is 0 Å². The maximum absolute atomic E-state index is 2.35. The molecule has 0 radical (unpaired) electrons. The molecule has 0 aromatic carbocycles. The molecule has 1 aliphatic rings. The lowest BCUT2D eigenvalue weighted by Gasteiger charge is -1.80. The number of hydrogen-bond donors (Lipinski definition) is 0. The Bertz CT molecular complexity index is 38.8. The van der Waals surface area contributed by atoms with Crippen molar-refractivity contribution in [2.24, 2.45) is 0 Å². The zero-order valence-corrected chi connectivity index (χ0v) is 5.57. The van der Waals surface area contributed by atoms with Crippen molar-refractivity contribution in [3.8, 4) is 0 Å². The Morgan fingerprint density at radius 2 is 2.50 bits per heavy atom. The van der Waals surface area contributed by atoms with Gasteiger partial charge in [-0.1, -0.05) is 0 Å². The first-order valence-electron chi connectivity index (χ1n) is 2.06. The summed E-state index contributed by atoms with van der Waals surface area (Å²) in [4.78, 5) is 0. The van der Waals surface area contributed by atoms with Gasteiger partial charge < -0.3 is 0 Å². The third-order valence-corrected chi connectivity index (χ3v) is 4.79. The Balaban J connectivity index is 2.18. The minimum Gasteiger partial charge on any atom is -0.104 e. The average Bonchev–Trinajstić information content (AvgIpc) is 1.86. The summed E-state index contributed by atoms with van der Waals surface area (Å²) in [6.07, 6.45) is 2.35. The fourth-order valence-corrected chi connectivity index (χ4v) is 4.15. The summed E-state index contributed by atoms with van der Waals surface area (Å²) in [6, 6.07) is 0. The van der Waals surface area contributed by atoms with Crippen LogP contribution in [0.15, 0.2) is 0 Å². The fourth-order valence-electron chi connectivity index (χ4n) is 0.461. The molecular weight excluding hydrogens is 112 g/mol. The molecule has 1 heterocycles. The van der Waals surface area contributed by atoms with Crippen molar-refractivity contribution in [1.82, 2.24) is 0 Å². The summed E-state index contributed by atoms with van der Waals surface area (Å²) in [7, 11) is 0.790. The van der Waals surface area contributed by atoms with Crippen LogP contribution in [0.2, 0.25) is 0 Å². The van der Waals surface area contributed by atoms with E-state index in [-0.39, 0.29) is 0 Å². The highest BCUT2D eigenvalue weighted by Gasteiger charge is 2.17. The molecule has 0 aromatic rings. The summed E-state index contributed by atoms with van der Waals surface area (Å²) in [5.41, 5.74) is 0. The van der Waals surface area contributed by atoms with E-state index in [0.717, 1.165) is 10.9 Å². The van der Waals surface area contributed by atoms with Gasteiger partial charge in [-0.3, -0.25) is 0 Å². The molecule has 1 fully saturated rings. The second-order valence-corrected chi connectivity index (χ2v) is 5.24. The van der Waals surface area contributed by atoms with Crippen LogP contribution in [0.5, 0.6) is 0 Å². The van der Waals surface area contributed by atoms with E-state index in [4.69, 9.17) is 0 Å². The third-order valence-electron chi connectivity index (χ3n) is 0.861. The smallest absolute Gasteiger partial charge is 0.104 e.